The number of nitrogens with zero attached hydrogens (tertiary/aromatic N) is 2. The molecule has 20 heavy (non-hydrogen) atoms. The molecule has 0 aliphatic rings. The second-order valence-electron chi connectivity index (χ2n) is 4.68. The van der Waals surface area contributed by atoms with E-state index >= 15 is 0 Å². The van der Waals surface area contributed by atoms with Gasteiger partial charge in [0.1, 0.15) is 5.92 Å². The molecule has 0 radical (unpaired) electrons. The molecule has 1 unspecified atom stereocenters. The quantitative estimate of drug-likeness (QED) is 0.784. The highest BCUT2D eigenvalue weighted by molar-refractivity contribution is 5.76. The average Bonchev–Trinajstić information content (AvgIpc) is 2.89. The minimum Gasteiger partial charge on any atom is -0.465 e. The van der Waals surface area contributed by atoms with Gasteiger partial charge in [-0.25, -0.2) is 0 Å². The molecule has 5 heteroatoms. The van der Waals surface area contributed by atoms with E-state index < -0.39 is 5.92 Å². The Bertz CT molecular complexity index is 575. The number of esters is 1. The van der Waals surface area contributed by atoms with Crippen LogP contribution in [0.3, 0.4) is 0 Å². The molecule has 0 fully saturated rings. The molecular formula is C15H18N2O3. The van der Waals surface area contributed by atoms with E-state index in [-0.39, 0.29) is 5.97 Å². The van der Waals surface area contributed by atoms with Crippen molar-refractivity contribution < 1.29 is 14.1 Å². The van der Waals surface area contributed by atoms with Gasteiger partial charge in [0.25, 0.3) is 0 Å². The van der Waals surface area contributed by atoms with Crippen LogP contribution in [0.4, 0.5) is 0 Å². The van der Waals surface area contributed by atoms with Gasteiger partial charge in [-0.05, 0) is 26.3 Å². The zero-order valence-electron chi connectivity index (χ0n) is 11.9. The Balaban J connectivity index is 2.05. The van der Waals surface area contributed by atoms with Crippen LogP contribution in [0.25, 0.3) is 0 Å². The molecule has 0 aliphatic heterocycles. The van der Waals surface area contributed by atoms with Crippen molar-refractivity contribution in [1.29, 1.82) is 0 Å². The molecule has 0 aliphatic carbocycles. The maximum Gasteiger partial charge on any atom is 0.318 e. The summed E-state index contributed by atoms with van der Waals surface area (Å²) >= 11 is 0. The number of hydrogen-bond acceptors (Lipinski definition) is 5. The van der Waals surface area contributed by atoms with E-state index in [2.05, 4.69) is 10.1 Å². The van der Waals surface area contributed by atoms with E-state index in [1.807, 2.05) is 31.2 Å². The minimum absolute atomic E-state index is 0.297. The third-order valence-electron chi connectivity index (χ3n) is 2.98. The Morgan fingerprint density at radius 3 is 2.70 bits per heavy atom. The van der Waals surface area contributed by atoms with Crippen LogP contribution in [0.5, 0.6) is 0 Å². The third kappa shape index (κ3) is 3.44. The number of rotatable bonds is 5. The van der Waals surface area contributed by atoms with Gasteiger partial charge in [-0.2, -0.15) is 4.98 Å². The molecule has 0 spiro atoms. The fourth-order valence-corrected chi connectivity index (χ4v) is 1.77. The van der Waals surface area contributed by atoms with E-state index in [0.717, 1.165) is 5.56 Å². The van der Waals surface area contributed by atoms with Crippen LogP contribution < -0.4 is 0 Å². The summed E-state index contributed by atoms with van der Waals surface area (Å²) < 4.78 is 10.1. The Kier molecular flexibility index (Phi) is 4.50. The normalized spacial score (nSPS) is 12.2. The van der Waals surface area contributed by atoms with Crippen LogP contribution >= 0.6 is 0 Å². The zero-order chi connectivity index (χ0) is 14.5. The minimum atomic E-state index is -0.533. The van der Waals surface area contributed by atoms with Gasteiger partial charge in [-0.15, -0.1) is 0 Å². The fraction of sp³-hybridized carbons (Fsp3) is 0.400. The summed E-state index contributed by atoms with van der Waals surface area (Å²) in [5.41, 5.74) is 2.31. The molecule has 1 heterocycles. The van der Waals surface area contributed by atoms with Crippen molar-refractivity contribution in [3.8, 4) is 0 Å². The van der Waals surface area contributed by atoms with Crippen molar-refractivity contribution >= 4 is 5.97 Å². The summed E-state index contributed by atoms with van der Waals surface area (Å²) in [5.74, 6) is -0.0159. The lowest BCUT2D eigenvalue weighted by atomic mass is 10.1. The van der Waals surface area contributed by atoms with Crippen LogP contribution in [-0.2, 0) is 16.0 Å². The molecule has 1 aromatic heterocycles. The van der Waals surface area contributed by atoms with Crippen LogP contribution in [0.15, 0.2) is 28.8 Å². The summed E-state index contributed by atoms with van der Waals surface area (Å²) in [4.78, 5) is 15.9. The molecule has 5 nitrogen and oxygen atoms in total. The van der Waals surface area contributed by atoms with Gasteiger partial charge in [0.05, 0.1) is 6.61 Å². The highest BCUT2D eigenvalue weighted by Gasteiger charge is 2.23. The van der Waals surface area contributed by atoms with Crippen molar-refractivity contribution in [2.24, 2.45) is 0 Å². The van der Waals surface area contributed by atoms with E-state index in [1.165, 1.54) is 5.56 Å². The Labute approximate surface area is 118 Å². The molecular weight excluding hydrogens is 256 g/mol. The molecule has 1 aromatic carbocycles. The van der Waals surface area contributed by atoms with Crippen LogP contribution in [0.1, 0.15) is 42.6 Å². The fourth-order valence-electron chi connectivity index (χ4n) is 1.77. The molecule has 2 aromatic rings. The maximum atomic E-state index is 11.6. The summed E-state index contributed by atoms with van der Waals surface area (Å²) in [7, 11) is 0. The largest absolute Gasteiger partial charge is 0.465 e. The number of benzene rings is 1. The third-order valence-corrected chi connectivity index (χ3v) is 2.98. The lowest BCUT2D eigenvalue weighted by Gasteiger charge is -2.04. The lowest BCUT2D eigenvalue weighted by Crippen LogP contribution is -2.13. The second kappa shape index (κ2) is 6.32. The number of carbonyl (C=O) groups is 1. The van der Waals surface area contributed by atoms with Gasteiger partial charge >= 0.3 is 5.97 Å². The predicted molar refractivity (Wildman–Crippen MR) is 73.3 cm³/mol. The molecule has 106 valence electrons. The molecule has 0 bridgehead atoms. The molecule has 0 saturated carbocycles. The van der Waals surface area contributed by atoms with Crippen molar-refractivity contribution in [1.82, 2.24) is 10.1 Å². The topological polar surface area (TPSA) is 65.2 Å². The Hall–Kier alpha value is -2.17. The van der Waals surface area contributed by atoms with Gasteiger partial charge in [0, 0.05) is 6.42 Å². The summed E-state index contributed by atoms with van der Waals surface area (Å²) in [6.07, 6.45) is 0.583. The summed E-state index contributed by atoms with van der Waals surface area (Å²) in [5, 5.41) is 3.90. The number of aromatic nitrogens is 2. The van der Waals surface area contributed by atoms with Crippen molar-refractivity contribution in [2.75, 3.05) is 6.61 Å². The van der Waals surface area contributed by atoms with Gasteiger partial charge in [-0.1, -0.05) is 35.0 Å². The number of carbonyl (C=O) groups excluding carboxylic acids is 1. The van der Waals surface area contributed by atoms with Crippen LogP contribution in [0.2, 0.25) is 0 Å². The Morgan fingerprint density at radius 2 is 2.05 bits per heavy atom. The first kappa shape index (κ1) is 14.2. The van der Waals surface area contributed by atoms with E-state index in [1.54, 1.807) is 13.8 Å². The summed E-state index contributed by atoms with van der Waals surface area (Å²) in [6, 6.07) is 8.13. The van der Waals surface area contributed by atoms with Crippen molar-refractivity contribution in [2.45, 2.75) is 33.1 Å². The van der Waals surface area contributed by atoms with E-state index in [9.17, 15) is 4.79 Å². The monoisotopic (exact) mass is 274 g/mol. The number of ether oxygens (including phenoxy) is 1. The lowest BCUT2D eigenvalue weighted by molar-refractivity contribution is -0.145. The summed E-state index contributed by atoms with van der Waals surface area (Å²) in [6.45, 7) is 5.84. The average molecular weight is 274 g/mol. The van der Waals surface area contributed by atoms with Crippen molar-refractivity contribution in [3.05, 3.63) is 47.1 Å². The van der Waals surface area contributed by atoms with Crippen molar-refractivity contribution in [3.63, 3.8) is 0 Å². The highest BCUT2D eigenvalue weighted by atomic mass is 16.5. The maximum absolute atomic E-state index is 11.6. The molecule has 1 atom stereocenters. The first-order valence-electron chi connectivity index (χ1n) is 6.64. The highest BCUT2D eigenvalue weighted by Crippen LogP contribution is 2.16. The molecule has 0 saturated heterocycles. The van der Waals surface area contributed by atoms with Gasteiger partial charge < -0.3 is 9.26 Å². The standard InChI is InChI=1S/C15H18N2O3/c1-4-19-15(18)11(3)14-16-13(17-20-14)9-12-7-5-10(2)6-8-12/h5-8,11H,4,9H2,1-3H3. The first-order valence-corrected chi connectivity index (χ1v) is 6.64. The predicted octanol–water partition coefficient (Wildman–Crippen LogP) is 2.64. The van der Waals surface area contributed by atoms with E-state index in [4.69, 9.17) is 9.26 Å². The SMILES string of the molecule is CCOC(=O)C(C)c1nc(Cc2ccc(C)cc2)no1. The van der Waals surface area contributed by atoms with Crippen LogP contribution in [-0.4, -0.2) is 22.7 Å². The smallest absolute Gasteiger partial charge is 0.318 e. The molecule has 0 N–H and O–H groups in total. The van der Waals surface area contributed by atoms with Crippen LogP contribution in [0, 0.1) is 6.92 Å². The first-order chi connectivity index (χ1) is 9.60. The Morgan fingerprint density at radius 1 is 1.35 bits per heavy atom. The van der Waals surface area contributed by atoms with Gasteiger partial charge in [0.15, 0.2) is 5.82 Å². The molecule has 0 amide bonds. The number of hydrogen-bond donors (Lipinski definition) is 0. The zero-order valence-corrected chi connectivity index (χ0v) is 11.9. The van der Waals surface area contributed by atoms with E-state index in [0.29, 0.717) is 24.7 Å². The van der Waals surface area contributed by atoms with Gasteiger partial charge in [0.2, 0.25) is 5.89 Å². The van der Waals surface area contributed by atoms with Gasteiger partial charge in [-0.3, -0.25) is 4.79 Å². The number of aryl methyl sites for hydroxylation is 1. The molecule has 2 rings (SSSR count). The second-order valence-corrected chi connectivity index (χ2v) is 4.68.